The lowest BCUT2D eigenvalue weighted by Gasteiger charge is -2.33. The van der Waals surface area contributed by atoms with E-state index in [0.717, 1.165) is 56.2 Å². The van der Waals surface area contributed by atoms with Crippen LogP contribution in [0, 0.1) is 5.92 Å². The SMILES string of the molecule is O=C(C1CCN(Cc2ccccc2Cl)CC1)N1CCc2ccccc21. The summed E-state index contributed by atoms with van der Waals surface area (Å²) in [4.78, 5) is 17.4. The number of benzene rings is 2. The molecular weight excluding hydrogens is 332 g/mol. The Bertz CT molecular complexity index is 768. The minimum atomic E-state index is 0.147. The summed E-state index contributed by atoms with van der Waals surface area (Å²) in [6.45, 7) is 3.61. The zero-order valence-corrected chi connectivity index (χ0v) is 15.1. The highest BCUT2D eigenvalue weighted by atomic mass is 35.5. The van der Waals surface area contributed by atoms with E-state index in [0.29, 0.717) is 5.91 Å². The van der Waals surface area contributed by atoms with Crippen molar-refractivity contribution in [2.24, 2.45) is 5.92 Å². The fraction of sp³-hybridized carbons (Fsp3) is 0.381. The number of rotatable bonds is 3. The molecule has 0 aliphatic carbocycles. The monoisotopic (exact) mass is 354 g/mol. The van der Waals surface area contributed by atoms with Gasteiger partial charge in [-0.1, -0.05) is 48.0 Å². The normalized spacial score (nSPS) is 18.4. The highest BCUT2D eigenvalue weighted by molar-refractivity contribution is 6.31. The van der Waals surface area contributed by atoms with Crippen molar-refractivity contribution in [3.63, 3.8) is 0 Å². The van der Waals surface area contributed by atoms with E-state index < -0.39 is 0 Å². The van der Waals surface area contributed by atoms with Gasteiger partial charge in [-0.25, -0.2) is 0 Å². The van der Waals surface area contributed by atoms with E-state index in [-0.39, 0.29) is 5.92 Å². The lowest BCUT2D eigenvalue weighted by molar-refractivity contribution is -0.123. The zero-order chi connectivity index (χ0) is 17.2. The average molecular weight is 355 g/mol. The Morgan fingerprint density at radius 1 is 1.00 bits per heavy atom. The molecule has 0 bridgehead atoms. The highest BCUT2D eigenvalue weighted by Crippen LogP contribution is 2.31. The Morgan fingerprint density at radius 2 is 1.72 bits per heavy atom. The summed E-state index contributed by atoms with van der Waals surface area (Å²) >= 11 is 6.27. The highest BCUT2D eigenvalue weighted by Gasteiger charge is 2.32. The minimum absolute atomic E-state index is 0.147. The van der Waals surface area contributed by atoms with E-state index in [9.17, 15) is 4.79 Å². The summed E-state index contributed by atoms with van der Waals surface area (Å²) < 4.78 is 0. The Morgan fingerprint density at radius 3 is 2.52 bits per heavy atom. The molecule has 25 heavy (non-hydrogen) atoms. The third-order valence-electron chi connectivity index (χ3n) is 5.44. The number of amides is 1. The van der Waals surface area contributed by atoms with Gasteiger partial charge >= 0.3 is 0 Å². The summed E-state index contributed by atoms with van der Waals surface area (Å²) in [6, 6.07) is 16.3. The number of para-hydroxylation sites is 1. The van der Waals surface area contributed by atoms with Gasteiger partial charge in [0, 0.05) is 29.7 Å². The molecule has 2 aromatic rings. The van der Waals surface area contributed by atoms with Gasteiger partial charge in [-0.15, -0.1) is 0 Å². The molecule has 1 amide bonds. The zero-order valence-electron chi connectivity index (χ0n) is 14.3. The van der Waals surface area contributed by atoms with Crippen LogP contribution in [0.5, 0.6) is 0 Å². The molecule has 0 unspecified atom stereocenters. The van der Waals surface area contributed by atoms with Gasteiger partial charge in [-0.3, -0.25) is 9.69 Å². The Hall–Kier alpha value is -1.84. The molecule has 1 fully saturated rings. The molecule has 3 nitrogen and oxygen atoms in total. The van der Waals surface area contributed by atoms with Crippen molar-refractivity contribution in [2.45, 2.75) is 25.8 Å². The van der Waals surface area contributed by atoms with Crippen LogP contribution in [-0.4, -0.2) is 30.4 Å². The van der Waals surface area contributed by atoms with Gasteiger partial charge in [0.05, 0.1) is 0 Å². The van der Waals surface area contributed by atoms with Crippen LogP contribution >= 0.6 is 11.6 Å². The maximum Gasteiger partial charge on any atom is 0.230 e. The molecule has 0 spiro atoms. The van der Waals surface area contributed by atoms with E-state index in [1.165, 1.54) is 11.1 Å². The van der Waals surface area contributed by atoms with Crippen molar-refractivity contribution in [1.82, 2.24) is 4.90 Å². The number of hydrogen-bond acceptors (Lipinski definition) is 2. The molecule has 2 aromatic carbocycles. The number of likely N-dealkylation sites (tertiary alicyclic amines) is 1. The van der Waals surface area contributed by atoms with Crippen LogP contribution in [0.1, 0.15) is 24.0 Å². The predicted molar refractivity (Wildman–Crippen MR) is 102 cm³/mol. The number of carbonyl (C=O) groups is 1. The first-order valence-electron chi connectivity index (χ1n) is 9.07. The first kappa shape index (κ1) is 16.6. The molecule has 2 aliphatic heterocycles. The number of fused-ring (bicyclic) bond motifs is 1. The quantitative estimate of drug-likeness (QED) is 0.827. The molecule has 2 aliphatic rings. The summed E-state index contributed by atoms with van der Waals surface area (Å²) in [7, 11) is 0. The van der Waals surface area contributed by atoms with E-state index in [2.05, 4.69) is 29.2 Å². The van der Waals surface area contributed by atoms with Crippen LogP contribution in [0.3, 0.4) is 0 Å². The van der Waals surface area contributed by atoms with Gasteiger partial charge in [0.1, 0.15) is 0 Å². The summed E-state index contributed by atoms with van der Waals surface area (Å²) in [5, 5.41) is 0.828. The van der Waals surface area contributed by atoms with Crippen LogP contribution < -0.4 is 4.90 Å². The van der Waals surface area contributed by atoms with Crippen LogP contribution in [-0.2, 0) is 17.8 Å². The maximum atomic E-state index is 13.0. The summed E-state index contributed by atoms with van der Waals surface area (Å²) in [5.41, 5.74) is 3.58. The largest absolute Gasteiger partial charge is 0.312 e. The molecule has 130 valence electrons. The molecule has 0 atom stereocenters. The molecule has 2 heterocycles. The van der Waals surface area contributed by atoms with Crippen LogP contribution in [0.15, 0.2) is 48.5 Å². The Balaban J connectivity index is 1.36. The van der Waals surface area contributed by atoms with E-state index in [1.54, 1.807) is 0 Å². The van der Waals surface area contributed by atoms with Gasteiger partial charge in [0.25, 0.3) is 0 Å². The standard InChI is InChI=1S/C21H23ClN2O/c22-19-7-3-1-6-18(19)15-23-12-9-17(10-13-23)21(25)24-14-11-16-5-2-4-8-20(16)24/h1-8,17H,9-15H2. The van der Waals surface area contributed by atoms with Crippen molar-refractivity contribution >= 4 is 23.2 Å². The maximum absolute atomic E-state index is 13.0. The molecule has 4 rings (SSSR count). The van der Waals surface area contributed by atoms with Crippen LogP contribution in [0.25, 0.3) is 0 Å². The smallest absolute Gasteiger partial charge is 0.230 e. The van der Waals surface area contributed by atoms with Crippen LogP contribution in [0.2, 0.25) is 5.02 Å². The third kappa shape index (κ3) is 3.44. The van der Waals surface area contributed by atoms with Gasteiger partial charge < -0.3 is 4.90 Å². The van der Waals surface area contributed by atoms with Crippen molar-refractivity contribution in [3.8, 4) is 0 Å². The first-order chi connectivity index (χ1) is 12.2. The Labute approximate surface area is 154 Å². The lowest BCUT2D eigenvalue weighted by atomic mass is 9.95. The number of halogens is 1. The second-order valence-corrected chi connectivity index (χ2v) is 7.42. The van der Waals surface area contributed by atoms with Crippen molar-refractivity contribution in [1.29, 1.82) is 0 Å². The second kappa shape index (κ2) is 7.19. The molecule has 0 N–H and O–H groups in total. The number of anilines is 1. The minimum Gasteiger partial charge on any atom is -0.312 e. The van der Waals surface area contributed by atoms with E-state index >= 15 is 0 Å². The molecule has 0 radical (unpaired) electrons. The van der Waals surface area contributed by atoms with Crippen molar-refractivity contribution in [2.75, 3.05) is 24.5 Å². The fourth-order valence-electron chi connectivity index (χ4n) is 3.99. The summed E-state index contributed by atoms with van der Waals surface area (Å²) in [6.07, 6.45) is 2.84. The van der Waals surface area contributed by atoms with Crippen LogP contribution in [0.4, 0.5) is 5.69 Å². The predicted octanol–water partition coefficient (Wildman–Crippen LogP) is 4.14. The number of carbonyl (C=O) groups excluding carboxylic acids is 1. The van der Waals surface area contributed by atoms with Gasteiger partial charge in [0.2, 0.25) is 5.91 Å². The number of hydrogen-bond donors (Lipinski definition) is 0. The summed E-state index contributed by atoms with van der Waals surface area (Å²) in [5.74, 6) is 0.455. The van der Waals surface area contributed by atoms with Gasteiger partial charge in [-0.05, 0) is 55.6 Å². The molecule has 1 saturated heterocycles. The Kier molecular flexibility index (Phi) is 4.78. The number of nitrogens with zero attached hydrogens (tertiary/aromatic N) is 2. The lowest BCUT2D eigenvalue weighted by Crippen LogP contribution is -2.42. The van der Waals surface area contributed by atoms with Crippen molar-refractivity contribution < 1.29 is 4.79 Å². The van der Waals surface area contributed by atoms with Crippen molar-refractivity contribution in [3.05, 3.63) is 64.7 Å². The van der Waals surface area contributed by atoms with Gasteiger partial charge in [-0.2, -0.15) is 0 Å². The molecule has 4 heteroatoms. The molecule has 0 saturated carbocycles. The molecular formula is C21H23ClN2O. The first-order valence-corrected chi connectivity index (χ1v) is 9.45. The fourth-order valence-corrected chi connectivity index (χ4v) is 4.19. The van der Waals surface area contributed by atoms with Gasteiger partial charge in [0.15, 0.2) is 0 Å². The second-order valence-electron chi connectivity index (χ2n) is 7.01. The van der Waals surface area contributed by atoms with E-state index in [4.69, 9.17) is 11.6 Å². The third-order valence-corrected chi connectivity index (χ3v) is 5.81. The molecule has 0 aromatic heterocycles. The average Bonchev–Trinajstić information content (AvgIpc) is 3.08. The van der Waals surface area contributed by atoms with E-state index in [1.807, 2.05) is 29.2 Å². The topological polar surface area (TPSA) is 23.6 Å². The number of piperidine rings is 1.